The molecule has 0 spiro atoms. The van der Waals surface area contributed by atoms with Crippen LogP contribution in [0.2, 0.25) is 0 Å². The van der Waals surface area contributed by atoms with E-state index in [0.29, 0.717) is 0 Å². The van der Waals surface area contributed by atoms with Crippen LogP contribution in [0.1, 0.15) is 12.8 Å². The van der Waals surface area contributed by atoms with Crippen LogP contribution in [0.4, 0.5) is 0 Å². The Labute approximate surface area is 79.4 Å². The zero-order chi connectivity index (χ0) is 9.84. The number of halogens is 1. The molecule has 0 aliphatic carbocycles. The fourth-order valence-electron chi connectivity index (χ4n) is 0.920. The van der Waals surface area contributed by atoms with Gasteiger partial charge in [0.25, 0.3) is 5.91 Å². The molecule has 2 amide bonds. The molecular formula is C7H8ClNO4. The van der Waals surface area contributed by atoms with E-state index in [0.717, 1.165) is 0 Å². The van der Waals surface area contributed by atoms with Gasteiger partial charge < -0.3 is 4.74 Å². The van der Waals surface area contributed by atoms with Crippen LogP contribution in [0, 0.1) is 0 Å². The minimum Gasteiger partial charge on any atom is -0.452 e. The summed E-state index contributed by atoms with van der Waals surface area (Å²) >= 11 is 5.28. The molecule has 1 N–H and O–H groups in total. The summed E-state index contributed by atoms with van der Waals surface area (Å²) in [5.74, 6) is -1.41. The molecule has 1 atom stereocenters. The second kappa shape index (κ2) is 4.23. The maximum atomic E-state index is 10.9. The first-order valence-corrected chi connectivity index (χ1v) is 4.26. The van der Waals surface area contributed by atoms with E-state index in [1.165, 1.54) is 0 Å². The van der Waals surface area contributed by atoms with E-state index in [4.69, 9.17) is 11.6 Å². The van der Waals surface area contributed by atoms with Crippen LogP contribution >= 0.6 is 11.6 Å². The van der Waals surface area contributed by atoms with E-state index in [1.54, 1.807) is 0 Å². The molecule has 0 saturated carbocycles. The summed E-state index contributed by atoms with van der Waals surface area (Å²) < 4.78 is 4.68. The van der Waals surface area contributed by atoms with Crippen LogP contribution in [-0.2, 0) is 19.1 Å². The smallest absolute Gasteiger partial charge is 0.307 e. The average molecular weight is 206 g/mol. The zero-order valence-electron chi connectivity index (χ0n) is 6.71. The molecule has 0 aromatic rings. The normalized spacial score (nSPS) is 21.5. The topological polar surface area (TPSA) is 72.5 Å². The zero-order valence-corrected chi connectivity index (χ0v) is 7.47. The largest absolute Gasteiger partial charge is 0.452 e. The van der Waals surface area contributed by atoms with Crippen molar-refractivity contribution in [1.29, 1.82) is 0 Å². The van der Waals surface area contributed by atoms with Gasteiger partial charge in [0.1, 0.15) is 0 Å². The summed E-state index contributed by atoms with van der Waals surface area (Å²) in [6, 6.07) is 0. The number of carbonyl (C=O) groups excluding carboxylic acids is 3. The summed E-state index contributed by atoms with van der Waals surface area (Å²) in [4.78, 5) is 32.4. The van der Waals surface area contributed by atoms with Crippen LogP contribution < -0.4 is 5.32 Å². The summed E-state index contributed by atoms with van der Waals surface area (Å²) in [6.07, 6.45) is -1.02. The molecule has 0 aromatic carbocycles. The molecule has 13 heavy (non-hydrogen) atoms. The van der Waals surface area contributed by atoms with Crippen LogP contribution in [0.25, 0.3) is 0 Å². The molecular weight excluding hydrogens is 198 g/mol. The van der Waals surface area contributed by atoms with Crippen LogP contribution in [-0.4, -0.2) is 29.8 Å². The maximum Gasteiger partial charge on any atom is 0.307 e. The Kier molecular flexibility index (Phi) is 3.25. The second-order valence-corrected chi connectivity index (χ2v) is 2.91. The Bertz CT molecular complexity index is 253. The van der Waals surface area contributed by atoms with Gasteiger partial charge in [0, 0.05) is 5.88 Å². The van der Waals surface area contributed by atoms with Gasteiger partial charge in [0.05, 0.1) is 12.8 Å². The summed E-state index contributed by atoms with van der Waals surface area (Å²) in [7, 11) is 0. The standard InChI is InChI=1S/C7H8ClNO4/c8-2-1-6(11)13-4-3-5(10)9-7(4)12/h4H,1-3H2,(H,9,10,12). The molecule has 0 aromatic heterocycles. The third-order valence-corrected chi connectivity index (χ3v) is 1.69. The third kappa shape index (κ3) is 2.69. The van der Waals surface area contributed by atoms with Gasteiger partial charge in [-0.05, 0) is 0 Å². The lowest BCUT2D eigenvalue weighted by Gasteiger charge is -2.06. The number of esters is 1. The number of carbonyl (C=O) groups is 3. The Balaban J connectivity index is 2.41. The minimum atomic E-state index is -0.969. The molecule has 1 unspecified atom stereocenters. The lowest BCUT2D eigenvalue weighted by atomic mass is 10.3. The van der Waals surface area contributed by atoms with Gasteiger partial charge in [-0.15, -0.1) is 11.6 Å². The molecule has 1 aliphatic rings. The van der Waals surface area contributed by atoms with E-state index in [2.05, 4.69) is 4.74 Å². The molecule has 1 aliphatic heterocycles. The average Bonchev–Trinajstić information content (AvgIpc) is 2.30. The molecule has 1 fully saturated rings. The third-order valence-electron chi connectivity index (χ3n) is 1.50. The van der Waals surface area contributed by atoms with Gasteiger partial charge >= 0.3 is 5.97 Å². The molecule has 1 saturated heterocycles. The molecule has 72 valence electrons. The highest BCUT2D eigenvalue weighted by molar-refractivity contribution is 6.18. The number of nitrogens with one attached hydrogen (secondary N) is 1. The van der Waals surface area contributed by atoms with Gasteiger partial charge in [0.15, 0.2) is 6.10 Å². The first-order valence-electron chi connectivity index (χ1n) is 3.72. The second-order valence-electron chi connectivity index (χ2n) is 2.53. The van der Waals surface area contributed by atoms with E-state index in [1.807, 2.05) is 5.32 Å². The molecule has 1 rings (SSSR count). The number of amides is 2. The molecule has 0 radical (unpaired) electrons. The fraction of sp³-hybridized carbons (Fsp3) is 0.571. The number of alkyl halides is 1. The SMILES string of the molecule is O=C1CC(OC(=O)CCCl)C(=O)N1. The lowest BCUT2D eigenvalue weighted by Crippen LogP contribution is -2.28. The highest BCUT2D eigenvalue weighted by atomic mass is 35.5. The van der Waals surface area contributed by atoms with Crippen molar-refractivity contribution in [3.8, 4) is 0 Å². The number of hydrogen-bond donors (Lipinski definition) is 1. The van der Waals surface area contributed by atoms with Crippen LogP contribution in [0.5, 0.6) is 0 Å². The summed E-state index contributed by atoms with van der Waals surface area (Å²) in [6.45, 7) is 0. The van der Waals surface area contributed by atoms with Gasteiger partial charge in [-0.25, -0.2) is 0 Å². The highest BCUT2D eigenvalue weighted by Crippen LogP contribution is 2.07. The summed E-state index contributed by atoms with van der Waals surface area (Å²) in [5.41, 5.74) is 0. The van der Waals surface area contributed by atoms with Gasteiger partial charge in [0.2, 0.25) is 5.91 Å². The quantitative estimate of drug-likeness (QED) is 0.386. The van der Waals surface area contributed by atoms with E-state index in [-0.39, 0.29) is 18.7 Å². The minimum absolute atomic E-state index is 0.0412. The van der Waals surface area contributed by atoms with Crippen LogP contribution in [0.15, 0.2) is 0 Å². The highest BCUT2D eigenvalue weighted by Gasteiger charge is 2.33. The van der Waals surface area contributed by atoms with Crippen molar-refractivity contribution in [3.63, 3.8) is 0 Å². The van der Waals surface area contributed by atoms with Crippen molar-refractivity contribution in [2.45, 2.75) is 18.9 Å². The number of ether oxygens (including phenoxy) is 1. The van der Waals surface area contributed by atoms with Gasteiger partial charge in [-0.2, -0.15) is 0 Å². The number of rotatable bonds is 3. The Morgan fingerprint density at radius 1 is 1.62 bits per heavy atom. The van der Waals surface area contributed by atoms with E-state index < -0.39 is 23.9 Å². The Hall–Kier alpha value is -1.10. The molecule has 0 bridgehead atoms. The van der Waals surface area contributed by atoms with E-state index in [9.17, 15) is 14.4 Å². The van der Waals surface area contributed by atoms with Crippen molar-refractivity contribution < 1.29 is 19.1 Å². The predicted octanol–water partition coefficient (Wildman–Crippen LogP) is -0.426. The maximum absolute atomic E-state index is 10.9. The van der Waals surface area contributed by atoms with E-state index >= 15 is 0 Å². The van der Waals surface area contributed by atoms with Crippen molar-refractivity contribution in [1.82, 2.24) is 5.32 Å². The van der Waals surface area contributed by atoms with Crippen molar-refractivity contribution in [3.05, 3.63) is 0 Å². The lowest BCUT2D eigenvalue weighted by molar-refractivity contribution is -0.153. The molecule has 6 heteroatoms. The monoisotopic (exact) mass is 205 g/mol. The molecule has 1 heterocycles. The van der Waals surface area contributed by atoms with Gasteiger partial charge in [-0.3, -0.25) is 19.7 Å². The van der Waals surface area contributed by atoms with Crippen molar-refractivity contribution >= 4 is 29.4 Å². The summed E-state index contributed by atoms with van der Waals surface area (Å²) in [5, 5.41) is 2.03. The Morgan fingerprint density at radius 3 is 2.77 bits per heavy atom. The Morgan fingerprint density at radius 2 is 2.31 bits per heavy atom. The number of hydrogen-bond acceptors (Lipinski definition) is 4. The van der Waals surface area contributed by atoms with Crippen LogP contribution in [0.3, 0.4) is 0 Å². The fourth-order valence-corrected chi connectivity index (χ4v) is 1.07. The van der Waals surface area contributed by atoms with Crippen molar-refractivity contribution in [2.75, 3.05) is 5.88 Å². The van der Waals surface area contributed by atoms with Gasteiger partial charge in [-0.1, -0.05) is 0 Å². The first-order chi connectivity index (χ1) is 6.13. The first kappa shape index (κ1) is 9.98. The number of imide groups is 1. The predicted molar refractivity (Wildman–Crippen MR) is 43.0 cm³/mol. The molecule has 5 nitrogen and oxygen atoms in total. The van der Waals surface area contributed by atoms with Crippen molar-refractivity contribution in [2.24, 2.45) is 0 Å².